The van der Waals surface area contributed by atoms with Crippen LogP contribution in [-0.4, -0.2) is 32.6 Å². The molecule has 2 N–H and O–H groups in total. The minimum atomic E-state index is -0.208. The predicted molar refractivity (Wildman–Crippen MR) is 79.4 cm³/mol. The first-order valence-electron chi connectivity index (χ1n) is 7.02. The van der Waals surface area contributed by atoms with E-state index < -0.39 is 0 Å². The number of nitrogens with zero attached hydrogens (tertiary/aromatic N) is 3. The van der Waals surface area contributed by atoms with E-state index >= 15 is 0 Å². The molecule has 1 heterocycles. The van der Waals surface area contributed by atoms with Gasteiger partial charge in [-0.2, -0.15) is 0 Å². The zero-order valence-corrected chi connectivity index (χ0v) is 12.3. The van der Waals surface area contributed by atoms with Crippen LogP contribution < -0.4 is 5.32 Å². The summed E-state index contributed by atoms with van der Waals surface area (Å²) in [5, 5.41) is 20.2. The van der Waals surface area contributed by atoms with E-state index in [4.69, 9.17) is 0 Å². The Balaban J connectivity index is 2.31. The van der Waals surface area contributed by atoms with Crippen LogP contribution in [0.25, 0.3) is 11.3 Å². The molecule has 0 spiro atoms. The fourth-order valence-electron chi connectivity index (χ4n) is 2.13. The van der Waals surface area contributed by atoms with Crippen LogP contribution in [0.15, 0.2) is 24.3 Å². The molecular formula is C15H20N4O2. The van der Waals surface area contributed by atoms with Gasteiger partial charge in [0.2, 0.25) is 5.91 Å². The van der Waals surface area contributed by atoms with Crippen LogP contribution >= 0.6 is 0 Å². The van der Waals surface area contributed by atoms with Gasteiger partial charge < -0.3 is 10.4 Å². The third kappa shape index (κ3) is 3.66. The molecule has 0 fully saturated rings. The van der Waals surface area contributed by atoms with Crippen molar-refractivity contribution < 1.29 is 9.90 Å². The Bertz CT molecular complexity index is 622. The molecule has 0 aliphatic rings. The second-order valence-electron chi connectivity index (χ2n) is 4.92. The fraction of sp³-hybridized carbons (Fsp3) is 0.400. The van der Waals surface area contributed by atoms with Crippen molar-refractivity contribution in [3.63, 3.8) is 0 Å². The fourth-order valence-corrected chi connectivity index (χ4v) is 2.13. The Morgan fingerprint density at radius 2 is 2.24 bits per heavy atom. The van der Waals surface area contributed by atoms with E-state index in [0.29, 0.717) is 17.9 Å². The molecular weight excluding hydrogens is 268 g/mol. The van der Waals surface area contributed by atoms with Crippen LogP contribution in [0.2, 0.25) is 0 Å². The number of rotatable bonds is 6. The van der Waals surface area contributed by atoms with Gasteiger partial charge in [-0.1, -0.05) is 35.9 Å². The number of aromatic nitrogens is 3. The number of aliphatic hydroxyl groups is 1. The number of nitrogens with one attached hydrogen (secondary N) is 1. The lowest BCUT2D eigenvalue weighted by atomic mass is 10.1. The predicted octanol–water partition coefficient (Wildman–Crippen LogP) is 1.27. The first kappa shape index (κ1) is 15.2. The number of amides is 1. The maximum Gasteiger partial charge on any atom is 0.241 e. The number of aliphatic hydroxyl groups excluding tert-OH is 1. The molecule has 2 rings (SSSR count). The highest BCUT2D eigenvalue weighted by molar-refractivity contribution is 5.76. The van der Waals surface area contributed by atoms with Gasteiger partial charge in [-0.25, -0.2) is 4.68 Å². The van der Waals surface area contributed by atoms with Crippen molar-refractivity contribution in [1.29, 1.82) is 0 Å². The maximum atomic E-state index is 11.9. The van der Waals surface area contributed by atoms with Crippen molar-refractivity contribution >= 4 is 5.91 Å². The Hall–Kier alpha value is -2.21. The third-order valence-corrected chi connectivity index (χ3v) is 3.11. The van der Waals surface area contributed by atoms with E-state index in [0.717, 1.165) is 17.5 Å². The van der Waals surface area contributed by atoms with Crippen LogP contribution in [0, 0.1) is 6.92 Å². The minimum absolute atomic E-state index is 0.0935. The van der Waals surface area contributed by atoms with Gasteiger partial charge in [0.25, 0.3) is 0 Å². The molecule has 6 nitrogen and oxygen atoms in total. The lowest BCUT2D eigenvalue weighted by molar-refractivity contribution is -0.121. The van der Waals surface area contributed by atoms with Gasteiger partial charge in [0.05, 0.1) is 12.3 Å². The summed E-state index contributed by atoms with van der Waals surface area (Å²) in [6.45, 7) is 4.51. The third-order valence-electron chi connectivity index (χ3n) is 3.11. The standard InChI is InChI=1S/C15H20N4O2/c1-3-7-16-14(21)9-19-15(13(10-20)17-18-19)12-6-4-5-11(2)8-12/h4-6,8,20H,3,7,9-10H2,1-2H3,(H,16,21). The summed E-state index contributed by atoms with van der Waals surface area (Å²) in [5.41, 5.74) is 3.16. The van der Waals surface area contributed by atoms with E-state index in [-0.39, 0.29) is 19.1 Å². The van der Waals surface area contributed by atoms with Crippen molar-refractivity contribution in [2.45, 2.75) is 33.4 Å². The number of hydrogen-bond acceptors (Lipinski definition) is 4. The molecule has 1 amide bonds. The molecule has 1 aromatic carbocycles. The highest BCUT2D eigenvalue weighted by atomic mass is 16.3. The van der Waals surface area contributed by atoms with Crippen molar-refractivity contribution in [3.8, 4) is 11.3 Å². The van der Waals surface area contributed by atoms with Crippen molar-refractivity contribution in [3.05, 3.63) is 35.5 Å². The Labute approximate surface area is 123 Å². The van der Waals surface area contributed by atoms with Crippen LogP contribution in [0.3, 0.4) is 0 Å². The van der Waals surface area contributed by atoms with Crippen LogP contribution in [-0.2, 0) is 17.9 Å². The van der Waals surface area contributed by atoms with Crippen LogP contribution in [0.1, 0.15) is 24.6 Å². The SMILES string of the molecule is CCCNC(=O)Cn1nnc(CO)c1-c1cccc(C)c1. The molecule has 6 heteroatoms. The van der Waals surface area contributed by atoms with Gasteiger partial charge >= 0.3 is 0 Å². The zero-order chi connectivity index (χ0) is 15.2. The molecule has 0 saturated heterocycles. The van der Waals surface area contributed by atoms with E-state index in [2.05, 4.69) is 15.6 Å². The summed E-state index contributed by atoms with van der Waals surface area (Å²) >= 11 is 0. The summed E-state index contributed by atoms with van der Waals surface area (Å²) < 4.78 is 1.53. The summed E-state index contributed by atoms with van der Waals surface area (Å²) in [6, 6.07) is 7.83. The highest BCUT2D eigenvalue weighted by Gasteiger charge is 2.16. The quantitative estimate of drug-likeness (QED) is 0.839. The summed E-state index contributed by atoms with van der Waals surface area (Å²) in [4.78, 5) is 11.9. The van der Waals surface area contributed by atoms with Crippen molar-refractivity contribution in [2.24, 2.45) is 0 Å². The molecule has 0 unspecified atom stereocenters. The molecule has 21 heavy (non-hydrogen) atoms. The average molecular weight is 288 g/mol. The van der Waals surface area contributed by atoms with E-state index in [9.17, 15) is 9.90 Å². The number of aryl methyl sites for hydroxylation is 1. The minimum Gasteiger partial charge on any atom is -0.390 e. The normalized spacial score (nSPS) is 10.6. The summed E-state index contributed by atoms with van der Waals surface area (Å²) in [7, 11) is 0. The molecule has 0 aliphatic carbocycles. The summed E-state index contributed by atoms with van der Waals surface area (Å²) in [6.07, 6.45) is 0.885. The molecule has 0 atom stereocenters. The second kappa shape index (κ2) is 6.99. The van der Waals surface area contributed by atoms with Crippen molar-refractivity contribution in [1.82, 2.24) is 20.3 Å². The number of benzene rings is 1. The van der Waals surface area contributed by atoms with Gasteiger partial charge in [-0.15, -0.1) is 5.10 Å². The van der Waals surface area contributed by atoms with E-state index in [1.807, 2.05) is 38.1 Å². The molecule has 0 aliphatic heterocycles. The Morgan fingerprint density at radius 1 is 1.43 bits per heavy atom. The lowest BCUT2D eigenvalue weighted by Crippen LogP contribution is -2.28. The molecule has 1 aromatic heterocycles. The van der Waals surface area contributed by atoms with Crippen molar-refractivity contribution in [2.75, 3.05) is 6.54 Å². The first-order chi connectivity index (χ1) is 10.2. The van der Waals surface area contributed by atoms with Crippen LogP contribution in [0.4, 0.5) is 0 Å². The van der Waals surface area contributed by atoms with Gasteiger partial charge in [0.15, 0.2) is 0 Å². The number of hydrogen-bond donors (Lipinski definition) is 2. The largest absolute Gasteiger partial charge is 0.390 e. The first-order valence-corrected chi connectivity index (χ1v) is 7.02. The second-order valence-corrected chi connectivity index (χ2v) is 4.92. The van der Waals surface area contributed by atoms with E-state index in [1.54, 1.807) is 0 Å². The zero-order valence-electron chi connectivity index (χ0n) is 12.3. The lowest BCUT2D eigenvalue weighted by Gasteiger charge is -2.09. The smallest absolute Gasteiger partial charge is 0.241 e. The van der Waals surface area contributed by atoms with Gasteiger partial charge in [0.1, 0.15) is 12.2 Å². The Kier molecular flexibility index (Phi) is 5.05. The topological polar surface area (TPSA) is 80.0 Å². The average Bonchev–Trinajstić information content (AvgIpc) is 2.87. The van der Waals surface area contributed by atoms with E-state index in [1.165, 1.54) is 4.68 Å². The monoisotopic (exact) mass is 288 g/mol. The Morgan fingerprint density at radius 3 is 2.90 bits per heavy atom. The highest BCUT2D eigenvalue weighted by Crippen LogP contribution is 2.23. The molecule has 0 bridgehead atoms. The molecule has 0 saturated carbocycles. The van der Waals surface area contributed by atoms with Gasteiger partial charge in [-0.3, -0.25) is 4.79 Å². The maximum absolute atomic E-state index is 11.9. The van der Waals surface area contributed by atoms with Gasteiger partial charge in [0, 0.05) is 12.1 Å². The summed E-state index contributed by atoms with van der Waals surface area (Å²) in [5.74, 6) is -0.111. The molecule has 112 valence electrons. The van der Waals surface area contributed by atoms with Crippen LogP contribution in [0.5, 0.6) is 0 Å². The molecule has 2 aromatic rings. The number of carbonyl (C=O) groups is 1. The number of carbonyl (C=O) groups excluding carboxylic acids is 1. The molecule has 0 radical (unpaired) electrons. The van der Waals surface area contributed by atoms with Gasteiger partial charge in [-0.05, 0) is 19.4 Å².